The summed E-state index contributed by atoms with van der Waals surface area (Å²) < 4.78 is 0. The molecule has 0 radical (unpaired) electrons. The fourth-order valence-corrected chi connectivity index (χ4v) is 4.17. The third-order valence-electron chi connectivity index (χ3n) is 5.46. The van der Waals surface area contributed by atoms with Crippen LogP contribution in [0.1, 0.15) is 51.9 Å². The summed E-state index contributed by atoms with van der Waals surface area (Å²) in [7, 11) is 0. The molecule has 0 heterocycles. The zero-order valence-electron chi connectivity index (χ0n) is 11.8. The second-order valence-electron chi connectivity index (χ2n) is 6.75. The van der Waals surface area contributed by atoms with Crippen LogP contribution >= 0.6 is 0 Å². The van der Waals surface area contributed by atoms with Crippen molar-refractivity contribution in [1.82, 2.24) is 0 Å². The van der Waals surface area contributed by atoms with Crippen LogP contribution in [0.25, 0.3) is 0 Å². The number of aliphatic hydroxyl groups excluding tert-OH is 3. The molecule has 2 aliphatic carbocycles. The van der Waals surface area contributed by atoms with Gasteiger partial charge in [0.15, 0.2) is 0 Å². The van der Waals surface area contributed by atoms with Crippen molar-refractivity contribution in [2.24, 2.45) is 17.8 Å². The normalized spacial score (nSPS) is 43.7. The predicted molar refractivity (Wildman–Crippen MR) is 72.5 cm³/mol. The van der Waals surface area contributed by atoms with E-state index in [4.69, 9.17) is 0 Å². The van der Waals surface area contributed by atoms with Crippen LogP contribution in [0.15, 0.2) is 0 Å². The molecule has 2 aliphatic rings. The van der Waals surface area contributed by atoms with Crippen LogP contribution in [0.3, 0.4) is 0 Å². The van der Waals surface area contributed by atoms with Crippen LogP contribution in [0.5, 0.6) is 0 Å². The first kappa shape index (κ1) is 15.2. The minimum Gasteiger partial charge on any atom is -0.396 e. The molecule has 0 aromatic rings. The minimum absolute atomic E-state index is 0.00870. The van der Waals surface area contributed by atoms with Crippen LogP contribution in [0.2, 0.25) is 0 Å². The van der Waals surface area contributed by atoms with Gasteiger partial charge in [0, 0.05) is 6.61 Å². The summed E-state index contributed by atoms with van der Waals surface area (Å²) >= 11 is 0. The first-order chi connectivity index (χ1) is 8.95. The third kappa shape index (κ3) is 3.30. The molecule has 19 heavy (non-hydrogen) atoms. The Morgan fingerprint density at radius 1 is 0.947 bits per heavy atom. The summed E-state index contributed by atoms with van der Waals surface area (Å²) in [6.07, 6.45) is 4.76. The highest BCUT2D eigenvalue weighted by Crippen LogP contribution is 2.45. The van der Waals surface area contributed by atoms with Crippen molar-refractivity contribution in [1.29, 1.82) is 0 Å². The molecule has 4 nitrogen and oxygen atoms in total. The van der Waals surface area contributed by atoms with Crippen LogP contribution in [0, 0.1) is 17.8 Å². The molecule has 4 heteroatoms. The molecular formula is C15H28O4. The summed E-state index contributed by atoms with van der Waals surface area (Å²) in [4.78, 5) is 0. The van der Waals surface area contributed by atoms with Gasteiger partial charge in [0.25, 0.3) is 0 Å². The van der Waals surface area contributed by atoms with Gasteiger partial charge in [-0.2, -0.15) is 0 Å². The van der Waals surface area contributed by atoms with Gasteiger partial charge in [0.05, 0.1) is 17.8 Å². The van der Waals surface area contributed by atoms with Crippen molar-refractivity contribution in [2.45, 2.75) is 69.7 Å². The van der Waals surface area contributed by atoms with E-state index in [1.54, 1.807) is 0 Å². The highest BCUT2D eigenvalue weighted by molar-refractivity contribution is 4.96. The van der Waals surface area contributed by atoms with Crippen molar-refractivity contribution in [3.05, 3.63) is 0 Å². The van der Waals surface area contributed by atoms with E-state index in [0.717, 1.165) is 32.1 Å². The lowest BCUT2D eigenvalue weighted by Crippen LogP contribution is -2.50. The fourth-order valence-electron chi connectivity index (χ4n) is 4.17. The zero-order valence-corrected chi connectivity index (χ0v) is 11.8. The van der Waals surface area contributed by atoms with Gasteiger partial charge in [-0.25, -0.2) is 0 Å². The molecule has 2 saturated carbocycles. The summed E-state index contributed by atoms with van der Waals surface area (Å²) in [5.74, 6) is 0.247. The Kier molecular flexibility index (Phi) is 4.88. The molecule has 0 aromatic carbocycles. The van der Waals surface area contributed by atoms with Crippen LogP contribution in [-0.4, -0.2) is 44.8 Å². The molecule has 112 valence electrons. The van der Waals surface area contributed by atoms with Gasteiger partial charge in [0.2, 0.25) is 0 Å². The van der Waals surface area contributed by atoms with Crippen molar-refractivity contribution in [3.8, 4) is 0 Å². The molecule has 0 aromatic heterocycles. The average Bonchev–Trinajstić information content (AvgIpc) is 2.38. The van der Waals surface area contributed by atoms with Gasteiger partial charge in [-0.3, -0.25) is 0 Å². The molecule has 0 spiro atoms. The van der Waals surface area contributed by atoms with Crippen molar-refractivity contribution < 1.29 is 20.4 Å². The van der Waals surface area contributed by atoms with Crippen LogP contribution < -0.4 is 0 Å². The number of hydrogen-bond donors (Lipinski definition) is 4. The second-order valence-corrected chi connectivity index (χ2v) is 6.75. The Hall–Kier alpha value is -0.160. The molecule has 2 rings (SSSR count). The highest BCUT2D eigenvalue weighted by atomic mass is 16.3. The minimum atomic E-state index is -0.798. The Morgan fingerprint density at radius 2 is 1.53 bits per heavy atom. The van der Waals surface area contributed by atoms with E-state index in [0.29, 0.717) is 12.8 Å². The van der Waals surface area contributed by atoms with Gasteiger partial charge in [0.1, 0.15) is 0 Å². The fraction of sp³-hybridized carbons (Fsp3) is 1.00. The van der Waals surface area contributed by atoms with Gasteiger partial charge in [-0.15, -0.1) is 0 Å². The molecular weight excluding hydrogens is 244 g/mol. The second kappa shape index (κ2) is 6.08. The zero-order chi connectivity index (χ0) is 14.0. The first-order valence-corrected chi connectivity index (χ1v) is 7.64. The van der Waals surface area contributed by atoms with Gasteiger partial charge in [-0.05, 0) is 69.6 Å². The van der Waals surface area contributed by atoms with Crippen molar-refractivity contribution in [3.63, 3.8) is 0 Å². The van der Waals surface area contributed by atoms with Crippen LogP contribution in [-0.2, 0) is 0 Å². The van der Waals surface area contributed by atoms with E-state index in [9.17, 15) is 20.4 Å². The quantitative estimate of drug-likeness (QED) is 0.619. The topological polar surface area (TPSA) is 80.9 Å². The maximum Gasteiger partial charge on any atom is 0.0679 e. The van der Waals surface area contributed by atoms with Crippen molar-refractivity contribution in [2.75, 3.05) is 6.61 Å². The maximum atomic E-state index is 11.0. The first-order valence-electron chi connectivity index (χ1n) is 7.64. The van der Waals surface area contributed by atoms with E-state index < -0.39 is 5.60 Å². The molecule has 4 atom stereocenters. The molecule has 4 unspecified atom stereocenters. The Morgan fingerprint density at radius 3 is 2.11 bits per heavy atom. The van der Waals surface area contributed by atoms with E-state index >= 15 is 0 Å². The Labute approximate surface area is 115 Å². The van der Waals surface area contributed by atoms with Crippen LogP contribution in [0.4, 0.5) is 0 Å². The predicted octanol–water partition coefficient (Wildman–Crippen LogP) is 1.06. The summed E-state index contributed by atoms with van der Waals surface area (Å²) in [5, 5.41) is 39.8. The molecule has 0 amide bonds. The Bertz CT molecular complexity index is 284. The summed E-state index contributed by atoms with van der Waals surface area (Å²) in [6.45, 7) is 1.92. The molecule has 0 aliphatic heterocycles. The van der Waals surface area contributed by atoms with Gasteiger partial charge >= 0.3 is 0 Å². The van der Waals surface area contributed by atoms with E-state index in [1.807, 2.05) is 6.92 Å². The van der Waals surface area contributed by atoms with Crippen molar-refractivity contribution >= 4 is 0 Å². The molecule has 2 fully saturated rings. The lowest BCUT2D eigenvalue weighted by Gasteiger charge is -2.47. The summed E-state index contributed by atoms with van der Waals surface area (Å²) in [6, 6.07) is 0. The van der Waals surface area contributed by atoms with E-state index in [2.05, 4.69) is 0 Å². The molecule has 0 saturated heterocycles. The van der Waals surface area contributed by atoms with Gasteiger partial charge in [-0.1, -0.05) is 0 Å². The SMILES string of the molecule is CC(O)(C1CCC(O)CC1)C1CCC(O)CC1CO. The third-order valence-corrected chi connectivity index (χ3v) is 5.46. The number of hydrogen-bond acceptors (Lipinski definition) is 4. The standard InChI is InChI=1S/C15H28O4/c1-15(19,11-2-4-12(17)5-3-11)14-7-6-13(18)8-10(14)9-16/h10-14,16-19H,2-9H2,1H3. The highest BCUT2D eigenvalue weighted by Gasteiger charge is 2.46. The van der Waals surface area contributed by atoms with E-state index in [1.165, 1.54) is 0 Å². The van der Waals surface area contributed by atoms with Gasteiger partial charge < -0.3 is 20.4 Å². The maximum absolute atomic E-state index is 11.0. The lowest BCUT2D eigenvalue weighted by molar-refractivity contribution is -0.121. The average molecular weight is 272 g/mol. The monoisotopic (exact) mass is 272 g/mol. The summed E-state index contributed by atoms with van der Waals surface area (Å²) in [5.41, 5.74) is -0.798. The molecule has 4 N–H and O–H groups in total. The number of rotatable bonds is 3. The molecule has 0 bridgehead atoms. The largest absolute Gasteiger partial charge is 0.396 e. The van der Waals surface area contributed by atoms with E-state index in [-0.39, 0.29) is 36.6 Å². The lowest BCUT2D eigenvalue weighted by atomic mass is 9.63. The smallest absolute Gasteiger partial charge is 0.0679 e. The number of aliphatic hydroxyl groups is 4. The Balaban J connectivity index is 2.04.